The molecule has 82 heavy (non-hydrogen) atoms. The topological polar surface area (TPSA) is 149 Å². The molecule has 0 spiro atoms. The highest BCUT2D eigenvalue weighted by atomic mass is 19.1. The van der Waals surface area contributed by atoms with Crippen LogP contribution in [0.25, 0.3) is 66.4 Å². The summed E-state index contributed by atoms with van der Waals surface area (Å²) in [6, 6.07) is 31.9. The molecular formula is C66H70F2N8O6. The number of benzene rings is 4. The average molecular weight is 1110 g/mol. The second-order valence-corrected chi connectivity index (χ2v) is 23.4. The van der Waals surface area contributed by atoms with Gasteiger partial charge in [-0.1, -0.05) is 84.9 Å². The summed E-state index contributed by atoms with van der Waals surface area (Å²) in [7, 11) is 7.00. The van der Waals surface area contributed by atoms with E-state index in [-0.39, 0.29) is 47.4 Å². The van der Waals surface area contributed by atoms with E-state index in [1.165, 1.54) is 0 Å². The molecular weight excluding hydrogens is 1040 g/mol. The number of aromatic nitrogens is 8. The maximum atomic E-state index is 17.0. The van der Waals surface area contributed by atoms with E-state index in [0.717, 1.165) is 118 Å². The molecule has 2 aliphatic heterocycles. The lowest BCUT2D eigenvalue weighted by Gasteiger charge is -2.33. The van der Waals surface area contributed by atoms with E-state index in [4.69, 9.17) is 28.9 Å². The standard InChI is InChI=1S/2C33H35FN4O3/c2*1-33(39,23-9-10-23)25-12-11-24-29-26(17-22(18-35-29)31-27(40-3)19-36-37(31)2)38(32(24)28(25)34)30(20-7-5-4-6-8-20)21-13-15-41-16-14-21/h2*4-8,11-12,17-19,21,23,30,39H,9-10,13-16H2,1-3H3/t2*30-,33?/m11/s1. The summed E-state index contributed by atoms with van der Waals surface area (Å²) >= 11 is 0. The Morgan fingerprint density at radius 2 is 0.915 bits per heavy atom. The Morgan fingerprint density at radius 1 is 0.537 bits per heavy atom. The lowest BCUT2D eigenvalue weighted by Crippen LogP contribution is -2.28. The number of aliphatic hydroxyl groups is 2. The molecule has 0 radical (unpaired) electrons. The van der Waals surface area contributed by atoms with Gasteiger partial charge in [0.15, 0.2) is 23.1 Å². The molecule has 4 aromatic carbocycles. The highest BCUT2D eigenvalue weighted by Crippen LogP contribution is 2.51. The fourth-order valence-corrected chi connectivity index (χ4v) is 13.7. The molecule has 4 fully saturated rings. The predicted molar refractivity (Wildman–Crippen MR) is 313 cm³/mol. The van der Waals surface area contributed by atoms with Crippen molar-refractivity contribution in [1.82, 2.24) is 38.7 Å². The Labute approximate surface area is 475 Å². The van der Waals surface area contributed by atoms with Gasteiger partial charge in [-0.25, -0.2) is 8.78 Å². The SMILES string of the molecule is COc1cnn(C)c1-c1cnc2c3ccc(C(C)(O)C4CC4)c(F)c3n([C@H](c3ccccc3)C3CCOCC3)c2c1.COc1cnn(C)c1-c1cnc2c3ccc(C(C)(O)C4CC4)c(F)c3n([C@H](c3ccccc3)C3CCOCC3)c2c1. The van der Waals surface area contributed by atoms with Gasteiger partial charge in [0.25, 0.3) is 0 Å². The largest absolute Gasteiger partial charge is 0.493 e. The number of nitrogens with zero attached hydrogens (tertiary/aromatic N) is 8. The van der Waals surface area contributed by atoms with Crippen LogP contribution >= 0.6 is 0 Å². The molecule has 10 aromatic rings. The van der Waals surface area contributed by atoms with E-state index in [1.807, 2.05) is 75.0 Å². The molecule has 6 aromatic heterocycles. The number of pyridine rings is 2. The van der Waals surface area contributed by atoms with Gasteiger partial charge in [-0.05, 0) is 112 Å². The first-order valence-corrected chi connectivity index (χ1v) is 28.9. The molecule has 14 nitrogen and oxygen atoms in total. The van der Waals surface area contributed by atoms with Gasteiger partial charge in [0.05, 0.1) is 83.0 Å². The van der Waals surface area contributed by atoms with Gasteiger partial charge in [0.1, 0.15) is 11.4 Å². The molecule has 0 amide bonds. The minimum atomic E-state index is -1.23. The number of ether oxygens (including phenoxy) is 4. The van der Waals surface area contributed by atoms with Crippen LogP contribution in [0.3, 0.4) is 0 Å². The van der Waals surface area contributed by atoms with Gasteiger partial charge < -0.3 is 38.3 Å². The maximum Gasteiger partial charge on any atom is 0.164 e. The normalized spacial score (nSPS) is 18.6. The Hall–Kier alpha value is -7.50. The zero-order chi connectivity index (χ0) is 56.6. The molecule has 2 aliphatic carbocycles. The van der Waals surface area contributed by atoms with Gasteiger partial charge in [-0.3, -0.25) is 19.3 Å². The van der Waals surface area contributed by atoms with Crippen LogP contribution in [0.15, 0.2) is 122 Å². The van der Waals surface area contributed by atoms with Gasteiger partial charge in [0, 0.05) is 85.9 Å². The van der Waals surface area contributed by atoms with Crippen molar-refractivity contribution < 1.29 is 37.9 Å². The Bertz CT molecular complexity index is 3720. The van der Waals surface area contributed by atoms with Crippen LogP contribution in [0.5, 0.6) is 11.5 Å². The summed E-state index contributed by atoms with van der Waals surface area (Å²) in [5, 5.41) is 33.2. The van der Waals surface area contributed by atoms with Crippen molar-refractivity contribution in [3.05, 3.63) is 156 Å². The molecule has 14 rings (SSSR count). The molecule has 4 aliphatic rings. The lowest BCUT2D eigenvalue weighted by molar-refractivity contribution is 0.0292. The molecule has 2 saturated heterocycles. The predicted octanol–water partition coefficient (Wildman–Crippen LogP) is 12.7. The quantitative estimate of drug-likeness (QED) is 0.108. The van der Waals surface area contributed by atoms with E-state index < -0.39 is 11.2 Å². The number of hydrogen-bond donors (Lipinski definition) is 2. The van der Waals surface area contributed by atoms with Crippen molar-refractivity contribution in [2.45, 2.75) is 88.5 Å². The zero-order valence-electron chi connectivity index (χ0n) is 47.4. The minimum absolute atomic E-state index is 0.0646. The smallest absolute Gasteiger partial charge is 0.164 e. The summed E-state index contributed by atoms with van der Waals surface area (Å²) in [5.41, 5.74) is 7.84. The van der Waals surface area contributed by atoms with Crippen molar-refractivity contribution in [3.63, 3.8) is 0 Å². The van der Waals surface area contributed by atoms with E-state index in [0.29, 0.717) is 60.1 Å². The third-order valence-electron chi connectivity index (χ3n) is 18.4. The minimum Gasteiger partial charge on any atom is -0.493 e. The molecule has 0 bridgehead atoms. The second kappa shape index (κ2) is 21.4. The fraction of sp³-hybridized carbons (Fsp3) is 0.394. The first kappa shape index (κ1) is 53.8. The molecule has 16 heteroatoms. The Balaban J connectivity index is 0.000000154. The number of rotatable bonds is 14. The second-order valence-electron chi connectivity index (χ2n) is 23.4. The molecule has 2 unspecified atom stereocenters. The summed E-state index contributed by atoms with van der Waals surface area (Å²) in [6.45, 7) is 6.19. The molecule has 2 saturated carbocycles. The third kappa shape index (κ3) is 9.22. The van der Waals surface area contributed by atoms with E-state index >= 15 is 8.78 Å². The van der Waals surface area contributed by atoms with Crippen LogP contribution < -0.4 is 9.47 Å². The highest BCUT2D eigenvalue weighted by Gasteiger charge is 2.45. The summed E-state index contributed by atoms with van der Waals surface area (Å²) in [5.74, 6) is 1.14. The monoisotopic (exact) mass is 1110 g/mol. The Kier molecular flexibility index (Phi) is 14.0. The van der Waals surface area contributed by atoms with Crippen LogP contribution in [-0.2, 0) is 34.8 Å². The van der Waals surface area contributed by atoms with E-state index in [9.17, 15) is 10.2 Å². The average Bonchev–Trinajstić information content (AvgIpc) is 3.44. The van der Waals surface area contributed by atoms with Crippen molar-refractivity contribution >= 4 is 43.9 Å². The van der Waals surface area contributed by atoms with Crippen LogP contribution in [-0.4, -0.2) is 89.5 Å². The first-order valence-electron chi connectivity index (χ1n) is 28.9. The van der Waals surface area contributed by atoms with Gasteiger partial charge in [-0.15, -0.1) is 0 Å². The molecule has 8 heterocycles. The van der Waals surface area contributed by atoms with Crippen molar-refractivity contribution in [3.8, 4) is 34.0 Å². The van der Waals surface area contributed by atoms with Crippen LogP contribution in [0.4, 0.5) is 8.78 Å². The number of hydrogen-bond acceptors (Lipinski definition) is 10. The van der Waals surface area contributed by atoms with Crippen molar-refractivity contribution in [1.29, 1.82) is 0 Å². The molecule has 424 valence electrons. The van der Waals surface area contributed by atoms with E-state index in [2.05, 4.69) is 55.7 Å². The first-order chi connectivity index (χ1) is 39.8. The van der Waals surface area contributed by atoms with Crippen molar-refractivity contribution in [2.75, 3.05) is 40.6 Å². The lowest BCUT2D eigenvalue weighted by atomic mass is 9.86. The zero-order valence-corrected chi connectivity index (χ0v) is 47.4. The number of fused-ring (bicyclic) bond motifs is 6. The van der Waals surface area contributed by atoms with Crippen LogP contribution in [0.2, 0.25) is 0 Å². The maximum absolute atomic E-state index is 17.0. The van der Waals surface area contributed by atoms with Crippen LogP contribution in [0.1, 0.15) is 99.6 Å². The summed E-state index contributed by atoms with van der Waals surface area (Å²) < 4.78 is 64.5. The van der Waals surface area contributed by atoms with Crippen molar-refractivity contribution in [2.24, 2.45) is 37.8 Å². The van der Waals surface area contributed by atoms with Crippen LogP contribution in [0, 0.1) is 35.3 Å². The molecule has 2 N–H and O–H groups in total. The summed E-state index contributed by atoms with van der Waals surface area (Å²) in [6.07, 6.45) is 14.1. The number of methoxy groups -OCH3 is 2. The number of aryl methyl sites for hydroxylation is 2. The van der Waals surface area contributed by atoms with E-state index in [1.54, 1.807) is 62.0 Å². The number of halogens is 2. The summed E-state index contributed by atoms with van der Waals surface area (Å²) in [4.78, 5) is 9.87. The Morgan fingerprint density at radius 3 is 1.27 bits per heavy atom. The molecule has 4 atom stereocenters. The van der Waals surface area contributed by atoms with Gasteiger partial charge >= 0.3 is 0 Å². The van der Waals surface area contributed by atoms with Gasteiger partial charge in [-0.2, -0.15) is 10.2 Å². The highest BCUT2D eigenvalue weighted by molar-refractivity contribution is 6.08. The van der Waals surface area contributed by atoms with Gasteiger partial charge in [0.2, 0.25) is 0 Å². The third-order valence-corrected chi connectivity index (χ3v) is 18.4. The fourth-order valence-electron chi connectivity index (χ4n) is 13.7.